The molecule has 1 saturated heterocycles. The molecule has 0 aliphatic carbocycles. The van der Waals surface area contributed by atoms with Crippen LogP contribution in [0.3, 0.4) is 0 Å². The minimum absolute atomic E-state index is 0.00656. The summed E-state index contributed by atoms with van der Waals surface area (Å²) in [5.74, 6) is 1.17. The summed E-state index contributed by atoms with van der Waals surface area (Å²) in [5, 5.41) is 8.83. The van der Waals surface area contributed by atoms with E-state index in [-0.39, 0.29) is 30.3 Å². The zero-order valence-electron chi connectivity index (χ0n) is 19.7. The molecular weight excluding hydrogens is 402 g/mol. The molecule has 7 heteroatoms. The van der Waals surface area contributed by atoms with E-state index in [4.69, 9.17) is 0 Å². The summed E-state index contributed by atoms with van der Waals surface area (Å²) >= 11 is 0. The Morgan fingerprint density at radius 3 is 2.31 bits per heavy atom. The Bertz CT molecular complexity index is 883. The molecule has 2 amide bonds. The molecule has 2 aromatic rings. The summed E-state index contributed by atoms with van der Waals surface area (Å²) in [4.78, 5) is 31.3. The Labute approximate surface area is 191 Å². The zero-order valence-corrected chi connectivity index (χ0v) is 19.7. The first-order valence-corrected chi connectivity index (χ1v) is 11.6. The van der Waals surface area contributed by atoms with Gasteiger partial charge in [0, 0.05) is 44.2 Å². The smallest absolute Gasteiger partial charge is 0.242 e. The van der Waals surface area contributed by atoms with Crippen molar-refractivity contribution in [2.75, 3.05) is 37.6 Å². The molecule has 0 bridgehead atoms. The second-order valence-corrected chi connectivity index (χ2v) is 9.08. The van der Waals surface area contributed by atoms with E-state index in [0.29, 0.717) is 26.1 Å². The Kier molecular flexibility index (Phi) is 8.20. The highest BCUT2D eigenvalue weighted by atomic mass is 16.2. The molecule has 32 heavy (non-hydrogen) atoms. The summed E-state index contributed by atoms with van der Waals surface area (Å²) < 4.78 is 0. The van der Waals surface area contributed by atoms with Gasteiger partial charge in [-0.3, -0.25) is 9.59 Å². The summed E-state index contributed by atoms with van der Waals surface area (Å²) in [6.45, 7) is 11.0. The summed E-state index contributed by atoms with van der Waals surface area (Å²) in [7, 11) is 0. The lowest BCUT2D eigenvalue weighted by Crippen LogP contribution is -2.47. The van der Waals surface area contributed by atoms with Gasteiger partial charge in [-0.2, -0.15) is 0 Å². The van der Waals surface area contributed by atoms with Gasteiger partial charge in [0.25, 0.3) is 0 Å². The van der Waals surface area contributed by atoms with Crippen molar-refractivity contribution in [2.45, 2.75) is 46.6 Å². The number of anilines is 1. The molecule has 0 N–H and O–H groups in total. The fourth-order valence-corrected chi connectivity index (χ4v) is 3.92. The normalized spacial score (nSPS) is 14.6. The quantitative estimate of drug-likeness (QED) is 0.663. The van der Waals surface area contributed by atoms with Crippen LogP contribution in [0.25, 0.3) is 11.3 Å². The third-order valence-electron chi connectivity index (χ3n) is 5.72. The van der Waals surface area contributed by atoms with E-state index < -0.39 is 0 Å². The Morgan fingerprint density at radius 1 is 0.938 bits per heavy atom. The minimum Gasteiger partial charge on any atom is -0.353 e. The lowest BCUT2D eigenvalue weighted by Gasteiger charge is -2.30. The molecule has 0 atom stereocenters. The van der Waals surface area contributed by atoms with Gasteiger partial charge in [-0.05, 0) is 38.3 Å². The molecule has 0 saturated carbocycles. The first-order chi connectivity index (χ1) is 15.3. The number of amides is 2. The molecule has 1 aromatic heterocycles. The average molecular weight is 438 g/mol. The summed E-state index contributed by atoms with van der Waals surface area (Å²) in [6, 6.07) is 14.0. The topological polar surface area (TPSA) is 69.6 Å². The number of aromatic nitrogens is 2. The van der Waals surface area contributed by atoms with E-state index in [9.17, 15) is 9.59 Å². The van der Waals surface area contributed by atoms with Crippen molar-refractivity contribution in [2.24, 2.45) is 5.92 Å². The summed E-state index contributed by atoms with van der Waals surface area (Å²) in [5.41, 5.74) is 1.89. The van der Waals surface area contributed by atoms with Crippen LogP contribution in [-0.4, -0.2) is 70.6 Å². The molecule has 3 rings (SSSR count). The first kappa shape index (κ1) is 23.7. The second kappa shape index (κ2) is 11.1. The molecular formula is C25H35N5O2. The molecule has 0 spiro atoms. The van der Waals surface area contributed by atoms with Crippen LogP contribution in [0, 0.1) is 5.92 Å². The van der Waals surface area contributed by atoms with E-state index in [1.807, 2.05) is 75.1 Å². The van der Waals surface area contributed by atoms with Gasteiger partial charge < -0.3 is 14.7 Å². The maximum atomic E-state index is 13.0. The standard InChI is InChI=1S/C25H35N5O2/c1-19(2)17-24(31)30(20(3)4)18-25(32)29-14-8-13-28(15-16-29)23-12-11-22(26-27-23)21-9-6-5-7-10-21/h5-7,9-12,19-20H,8,13-18H2,1-4H3. The van der Waals surface area contributed by atoms with E-state index in [0.717, 1.165) is 30.0 Å². The highest BCUT2D eigenvalue weighted by Gasteiger charge is 2.25. The molecule has 0 unspecified atom stereocenters. The SMILES string of the molecule is CC(C)CC(=O)N(CC(=O)N1CCCN(c2ccc(-c3ccccc3)nn2)CC1)C(C)C. The third kappa shape index (κ3) is 6.28. The molecule has 2 heterocycles. The van der Waals surface area contributed by atoms with Crippen LogP contribution in [0.15, 0.2) is 42.5 Å². The van der Waals surface area contributed by atoms with Crippen LogP contribution < -0.4 is 4.90 Å². The third-order valence-corrected chi connectivity index (χ3v) is 5.72. The molecule has 1 fully saturated rings. The van der Waals surface area contributed by atoms with Gasteiger partial charge in [-0.15, -0.1) is 10.2 Å². The van der Waals surface area contributed by atoms with E-state index in [2.05, 4.69) is 15.1 Å². The first-order valence-electron chi connectivity index (χ1n) is 11.6. The van der Waals surface area contributed by atoms with E-state index in [1.54, 1.807) is 4.90 Å². The average Bonchev–Trinajstić information content (AvgIpc) is 3.04. The summed E-state index contributed by atoms with van der Waals surface area (Å²) in [6.07, 6.45) is 1.33. The largest absolute Gasteiger partial charge is 0.353 e. The van der Waals surface area contributed by atoms with Crippen molar-refractivity contribution in [1.82, 2.24) is 20.0 Å². The predicted octanol–water partition coefficient (Wildman–Crippen LogP) is 3.47. The van der Waals surface area contributed by atoms with Crippen molar-refractivity contribution in [3.63, 3.8) is 0 Å². The maximum Gasteiger partial charge on any atom is 0.242 e. The Hall–Kier alpha value is -2.96. The second-order valence-electron chi connectivity index (χ2n) is 9.08. The predicted molar refractivity (Wildman–Crippen MR) is 127 cm³/mol. The van der Waals surface area contributed by atoms with Gasteiger partial charge in [0.15, 0.2) is 5.82 Å². The number of hydrogen-bond acceptors (Lipinski definition) is 5. The van der Waals surface area contributed by atoms with Crippen LogP contribution in [0.1, 0.15) is 40.5 Å². The van der Waals surface area contributed by atoms with Crippen LogP contribution >= 0.6 is 0 Å². The molecule has 172 valence electrons. The monoisotopic (exact) mass is 437 g/mol. The van der Waals surface area contributed by atoms with Gasteiger partial charge in [-0.1, -0.05) is 44.2 Å². The van der Waals surface area contributed by atoms with Crippen LogP contribution in [0.4, 0.5) is 5.82 Å². The minimum atomic E-state index is 0.00656. The molecule has 1 aromatic carbocycles. The number of nitrogens with zero attached hydrogens (tertiary/aromatic N) is 5. The van der Waals surface area contributed by atoms with Gasteiger partial charge in [0.1, 0.15) is 0 Å². The van der Waals surface area contributed by atoms with Crippen LogP contribution in [-0.2, 0) is 9.59 Å². The van der Waals surface area contributed by atoms with Crippen LogP contribution in [0.2, 0.25) is 0 Å². The van der Waals surface area contributed by atoms with Gasteiger partial charge >= 0.3 is 0 Å². The van der Waals surface area contributed by atoms with Gasteiger partial charge in [-0.25, -0.2) is 0 Å². The number of rotatable bonds is 7. The molecule has 7 nitrogen and oxygen atoms in total. The number of hydrogen-bond donors (Lipinski definition) is 0. The lowest BCUT2D eigenvalue weighted by molar-refractivity contribution is -0.142. The fourth-order valence-electron chi connectivity index (χ4n) is 3.92. The number of benzene rings is 1. The zero-order chi connectivity index (χ0) is 23.1. The lowest BCUT2D eigenvalue weighted by atomic mass is 10.1. The van der Waals surface area contributed by atoms with E-state index >= 15 is 0 Å². The molecule has 0 radical (unpaired) electrons. The van der Waals surface area contributed by atoms with Crippen LogP contribution in [0.5, 0.6) is 0 Å². The van der Waals surface area contributed by atoms with Crippen molar-refractivity contribution in [3.05, 3.63) is 42.5 Å². The van der Waals surface area contributed by atoms with Crippen molar-refractivity contribution in [1.29, 1.82) is 0 Å². The highest BCUT2D eigenvalue weighted by molar-refractivity contribution is 5.85. The molecule has 1 aliphatic heterocycles. The van der Waals surface area contributed by atoms with E-state index in [1.165, 1.54) is 0 Å². The molecule has 1 aliphatic rings. The maximum absolute atomic E-state index is 13.0. The Balaban J connectivity index is 1.59. The van der Waals surface area contributed by atoms with Crippen molar-refractivity contribution < 1.29 is 9.59 Å². The fraction of sp³-hybridized carbons (Fsp3) is 0.520. The number of carbonyl (C=O) groups is 2. The number of carbonyl (C=O) groups excluding carboxylic acids is 2. The Morgan fingerprint density at radius 2 is 1.69 bits per heavy atom. The van der Waals surface area contributed by atoms with Gasteiger partial charge in [0.05, 0.1) is 12.2 Å². The highest BCUT2D eigenvalue weighted by Crippen LogP contribution is 2.19. The van der Waals surface area contributed by atoms with Crippen molar-refractivity contribution >= 4 is 17.6 Å². The van der Waals surface area contributed by atoms with Gasteiger partial charge in [0.2, 0.25) is 11.8 Å². The van der Waals surface area contributed by atoms with Crippen molar-refractivity contribution in [3.8, 4) is 11.3 Å².